The first-order valence-electron chi connectivity index (χ1n) is 4.08. The molecule has 5 nitrogen and oxygen atoms in total. The van der Waals surface area contributed by atoms with Gasteiger partial charge in [-0.3, -0.25) is 0 Å². The molecule has 1 aromatic heterocycles. The molecule has 1 heterocycles. The Morgan fingerprint density at radius 2 is 2.27 bits per heavy atom. The number of aromatic carboxylic acids is 1. The van der Waals surface area contributed by atoms with E-state index in [9.17, 15) is 9.18 Å². The van der Waals surface area contributed by atoms with E-state index >= 15 is 0 Å². The van der Waals surface area contributed by atoms with E-state index < -0.39 is 11.8 Å². The molecule has 0 radical (unpaired) electrons. The molecule has 0 aliphatic heterocycles. The van der Waals surface area contributed by atoms with Crippen LogP contribution in [0.5, 0.6) is 0 Å². The van der Waals surface area contributed by atoms with Crippen molar-refractivity contribution in [2.24, 2.45) is 0 Å². The second-order valence-electron chi connectivity index (χ2n) is 2.81. The third kappa shape index (κ3) is 1.69. The minimum atomic E-state index is -1.21. The molecular weight excluding hydrogens is 201 g/mol. The Labute approximate surface area is 83.8 Å². The third-order valence-corrected chi connectivity index (χ3v) is 1.86. The summed E-state index contributed by atoms with van der Waals surface area (Å²) < 4.78 is 14.1. The first-order valence-corrected chi connectivity index (χ1v) is 4.08. The second kappa shape index (κ2) is 3.49. The topological polar surface area (TPSA) is 68.0 Å². The Morgan fingerprint density at radius 3 is 2.87 bits per heavy atom. The van der Waals surface area contributed by atoms with Crippen molar-refractivity contribution in [3.05, 3.63) is 42.0 Å². The van der Waals surface area contributed by atoms with Gasteiger partial charge in [-0.2, -0.15) is 0 Å². The monoisotopic (exact) mass is 207 g/mol. The predicted molar refractivity (Wildman–Crippen MR) is 48.3 cm³/mol. The molecule has 1 aromatic carbocycles. The molecule has 0 saturated carbocycles. The van der Waals surface area contributed by atoms with Gasteiger partial charge in [0.25, 0.3) is 0 Å². The largest absolute Gasteiger partial charge is 0.478 e. The summed E-state index contributed by atoms with van der Waals surface area (Å²) in [6, 6.07) is 3.45. The number of hydrogen-bond acceptors (Lipinski definition) is 3. The number of hydrogen-bond donors (Lipinski definition) is 1. The maximum atomic E-state index is 12.8. The maximum absolute atomic E-state index is 12.8. The van der Waals surface area contributed by atoms with E-state index in [0.717, 1.165) is 6.07 Å². The highest BCUT2D eigenvalue weighted by atomic mass is 19.1. The minimum absolute atomic E-state index is 0.152. The Hall–Kier alpha value is -2.24. The summed E-state index contributed by atoms with van der Waals surface area (Å²) in [5, 5.41) is 16.0. The normalized spacial score (nSPS) is 10.2. The standard InChI is InChI=1S/C9H6FN3O2/c10-6-1-2-8(7(5-6)9(14)15)13-4-3-11-12-13/h1-5H,(H,14,15). The quantitative estimate of drug-likeness (QED) is 0.800. The number of nitrogens with zero attached hydrogens (tertiary/aromatic N) is 3. The van der Waals surface area contributed by atoms with E-state index in [0.29, 0.717) is 0 Å². The van der Waals surface area contributed by atoms with E-state index in [1.165, 1.54) is 29.2 Å². The highest BCUT2D eigenvalue weighted by molar-refractivity contribution is 5.91. The molecular formula is C9H6FN3O2. The summed E-state index contributed by atoms with van der Waals surface area (Å²) in [6.45, 7) is 0. The van der Waals surface area contributed by atoms with Crippen molar-refractivity contribution in [1.82, 2.24) is 15.0 Å². The number of carboxylic acid groups (broad SMARTS) is 1. The summed E-state index contributed by atoms with van der Waals surface area (Å²) in [4.78, 5) is 10.8. The predicted octanol–water partition coefficient (Wildman–Crippen LogP) is 1.10. The molecule has 0 spiro atoms. The molecule has 76 valence electrons. The fourth-order valence-electron chi connectivity index (χ4n) is 1.22. The van der Waals surface area contributed by atoms with E-state index in [1.807, 2.05) is 0 Å². The van der Waals surface area contributed by atoms with Gasteiger partial charge in [-0.25, -0.2) is 13.9 Å². The summed E-state index contributed by atoms with van der Waals surface area (Å²) in [6.07, 6.45) is 2.90. The van der Waals surface area contributed by atoms with Crippen molar-refractivity contribution < 1.29 is 14.3 Å². The first kappa shape index (κ1) is 9.32. The number of rotatable bonds is 2. The highest BCUT2D eigenvalue weighted by Crippen LogP contribution is 2.14. The van der Waals surface area contributed by atoms with Crippen LogP contribution < -0.4 is 0 Å². The molecule has 0 bridgehead atoms. The van der Waals surface area contributed by atoms with Gasteiger partial charge in [-0.1, -0.05) is 5.21 Å². The SMILES string of the molecule is O=C(O)c1cc(F)ccc1-n1ccnn1. The zero-order valence-electron chi connectivity index (χ0n) is 7.46. The Bertz CT molecular complexity index is 496. The van der Waals surface area contributed by atoms with Gasteiger partial charge in [0.05, 0.1) is 23.6 Å². The van der Waals surface area contributed by atoms with Crippen LogP contribution in [0.4, 0.5) is 4.39 Å². The molecule has 0 unspecified atom stereocenters. The molecule has 0 amide bonds. The fraction of sp³-hybridized carbons (Fsp3) is 0. The van der Waals surface area contributed by atoms with Crippen LogP contribution in [0, 0.1) is 5.82 Å². The van der Waals surface area contributed by atoms with E-state index in [-0.39, 0.29) is 11.3 Å². The van der Waals surface area contributed by atoms with Gasteiger partial charge < -0.3 is 5.11 Å². The van der Waals surface area contributed by atoms with E-state index in [2.05, 4.69) is 10.3 Å². The molecule has 2 rings (SSSR count). The molecule has 2 aromatic rings. The Balaban J connectivity index is 2.61. The van der Waals surface area contributed by atoms with Crippen LogP contribution >= 0.6 is 0 Å². The second-order valence-corrected chi connectivity index (χ2v) is 2.81. The van der Waals surface area contributed by atoms with Crippen LogP contribution in [0.3, 0.4) is 0 Å². The number of benzene rings is 1. The van der Waals surface area contributed by atoms with Gasteiger partial charge in [-0.05, 0) is 18.2 Å². The Morgan fingerprint density at radius 1 is 1.47 bits per heavy atom. The van der Waals surface area contributed by atoms with Crippen LogP contribution in [-0.4, -0.2) is 26.1 Å². The van der Waals surface area contributed by atoms with Gasteiger partial charge in [0.1, 0.15) is 5.82 Å². The molecule has 6 heteroatoms. The van der Waals surface area contributed by atoms with E-state index in [1.54, 1.807) is 0 Å². The van der Waals surface area contributed by atoms with Gasteiger partial charge in [0, 0.05) is 0 Å². The van der Waals surface area contributed by atoms with Gasteiger partial charge >= 0.3 is 5.97 Å². The lowest BCUT2D eigenvalue weighted by atomic mass is 10.2. The third-order valence-electron chi connectivity index (χ3n) is 1.86. The van der Waals surface area contributed by atoms with Crippen LogP contribution in [0.1, 0.15) is 10.4 Å². The van der Waals surface area contributed by atoms with Crippen molar-refractivity contribution in [2.45, 2.75) is 0 Å². The van der Waals surface area contributed by atoms with Gasteiger partial charge in [0.15, 0.2) is 0 Å². The zero-order chi connectivity index (χ0) is 10.8. The molecule has 0 atom stereocenters. The van der Waals surface area contributed by atoms with Gasteiger partial charge in [0.2, 0.25) is 0 Å². The molecule has 0 fully saturated rings. The van der Waals surface area contributed by atoms with Crippen LogP contribution in [0.15, 0.2) is 30.6 Å². The van der Waals surface area contributed by atoms with Gasteiger partial charge in [-0.15, -0.1) is 5.10 Å². The maximum Gasteiger partial charge on any atom is 0.338 e. The lowest BCUT2D eigenvalue weighted by molar-refractivity contribution is 0.0696. The fourth-order valence-corrected chi connectivity index (χ4v) is 1.22. The summed E-state index contributed by atoms with van der Waals surface area (Å²) in [5.41, 5.74) is 0.127. The number of carboxylic acids is 1. The van der Waals surface area contributed by atoms with Crippen LogP contribution in [0.25, 0.3) is 5.69 Å². The van der Waals surface area contributed by atoms with Crippen molar-refractivity contribution in [1.29, 1.82) is 0 Å². The van der Waals surface area contributed by atoms with Crippen molar-refractivity contribution in [3.63, 3.8) is 0 Å². The average Bonchev–Trinajstić information content (AvgIpc) is 2.70. The molecule has 0 aliphatic rings. The Kier molecular flexibility index (Phi) is 2.17. The minimum Gasteiger partial charge on any atom is -0.478 e. The highest BCUT2D eigenvalue weighted by Gasteiger charge is 2.12. The molecule has 0 aliphatic carbocycles. The first-order chi connectivity index (χ1) is 7.18. The number of halogens is 1. The van der Waals surface area contributed by atoms with Crippen molar-refractivity contribution in [3.8, 4) is 5.69 Å². The number of carbonyl (C=O) groups is 1. The lowest BCUT2D eigenvalue weighted by Gasteiger charge is -2.04. The summed E-state index contributed by atoms with van der Waals surface area (Å²) >= 11 is 0. The van der Waals surface area contributed by atoms with E-state index in [4.69, 9.17) is 5.11 Å². The zero-order valence-corrected chi connectivity index (χ0v) is 7.46. The van der Waals surface area contributed by atoms with Crippen LogP contribution in [-0.2, 0) is 0 Å². The molecule has 1 N–H and O–H groups in total. The summed E-state index contributed by atoms with van der Waals surface area (Å²) in [5.74, 6) is -1.81. The van der Waals surface area contributed by atoms with Crippen LogP contribution in [0.2, 0.25) is 0 Å². The van der Waals surface area contributed by atoms with Crippen molar-refractivity contribution in [2.75, 3.05) is 0 Å². The average molecular weight is 207 g/mol. The van der Waals surface area contributed by atoms with Crippen molar-refractivity contribution >= 4 is 5.97 Å². The molecule has 15 heavy (non-hydrogen) atoms. The lowest BCUT2D eigenvalue weighted by Crippen LogP contribution is -2.06. The number of aromatic nitrogens is 3. The molecule has 0 saturated heterocycles. The summed E-state index contributed by atoms with van der Waals surface area (Å²) in [7, 11) is 0. The smallest absolute Gasteiger partial charge is 0.338 e.